The van der Waals surface area contributed by atoms with Crippen molar-refractivity contribution in [2.24, 2.45) is 0 Å². The molecule has 8 aromatic rings. The van der Waals surface area contributed by atoms with Crippen molar-refractivity contribution in [2.75, 3.05) is 9.80 Å². The Kier molecular flexibility index (Phi) is 6.64. The molecule has 5 nitrogen and oxygen atoms in total. The summed E-state index contributed by atoms with van der Waals surface area (Å²) in [6.07, 6.45) is 3.61. The summed E-state index contributed by atoms with van der Waals surface area (Å²) in [5, 5.41) is 0. The van der Waals surface area contributed by atoms with Gasteiger partial charge in [-0.2, -0.15) is 0 Å². The summed E-state index contributed by atoms with van der Waals surface area (Å²) in [4.78, 5) is 19.5. The number of nitrogens with zero attached hydrogens (tertiary/aromatic N) is 5. The number of aromatic nitrogens is 3. The van der Waals surface area contributed by atoms with Gasteiger partial charge in [-0.05, 0) is 70.8 Å². The molecule has 0 radical (unpaired) electrons. The number of para-hydroxylation sites is 5. The SMILES string of the molecule is c1ccc(-c2cc(N3c4ccccc4C4(c5ccccc5N(c5ccccc5)c5ccccc54)c4ccccc43)nc(-c3cccnc3)n2)cc1. The van der Waals surface area contributed by atoms with Crippen molar-refractivity contribution in [3.8, 4) is 22.6 Å². The van der Waals surface area contributed by atoms with Crippen LogP contribution in [0.4, 0.5) is 34.3 Å². The maximum absolute atomic E-state index is 5.29. The highest BCUT2D eigenvalue weighted by molar-refractivity contribution is 5.96. The number of hydrogen-bond donors (Lipinski definition) is 0. The lowest BCUT2D eigenvalue weighted by atomic mass is 9.60. The average molecular weight is 654 g/mol. The van der Waals surface area contributed by atoms with Gasteiger partial charge in [0.15, 0.2) is 5.82 Å². The quantitative estimate of drug-likeness (QED) is 0.189. The lowest BCUT2D eigenvalue weighted by Crippen LogP contribution is -2.42. The normalized spacial score (nSPS) is 13.6. The van der Waals surface area contributed by atoms with Crippen LogP contribution in [0.5, 0.6) is 0 Å². The van der Waals surface area contributed by atoms with Crippen LogP contribution >= 0.6 is 0 Å². The Labute approximate surface area is 296 Å². The van der Waals surface area contributed by atoms with E-state index in [4.69, 9.17) is 9.97 Å². The minimum atomic E-state index is -0.608. The van der Waals surface area contributed by atoms with Gasteiger partial charge >= 0.3 is 0 Å². The van der Waals surface area contributed by atoms with Crippen molar-refractivity contribution in [2.45, 2.75) is 5.41 Å². The number of fused-ring (bicyclic) bond motifs is 8. The highest BCUT2D eigenvalue weighted by Crippen LogP contribution is 2.63. The molecule has 0 fully saturated rings. The van der Waals surface area contributed by atoms with E-state index in [9.17, 15) is 0 Å². The van der Waals surface area contributed by atoms with E-state index in [1.807, 2.05) is 36.5 Å². The highest BCUT2D eigenvalue weighted by atomic mass is 15.2. The van der Waals surface area contributed by atoms with Gasteiger partial charge in [-0.15, -0.1) is 0 Å². The summed E-state index contributed by atoms with van der Waals surface area (Å²) in [6.45, 7) is 0. The first-order valence-electron chi connectivity index (χ1n) is 17.2. The molecule has 240 valence electrons. The summed E-state index contributed by atoms with van der Waals surface area (Å²) in [6, 6.07) is 62.5. The molecule has 0 atom stereocenters. The molecule has 0 N–H and O–H groups in total. The Hall–Kier alpha value is -6.85. The van der Waals surface area contributed by atoms with Gasteiger partial charge in [0.05, 0.1) is 33.9 Å². The van der Waals surface area contributed by atoms with E-state index in [1.165, 1.54) is 22.3 Å². The molecule has 2 aliphatic heterocycles. The van der Waals surface area contributed by atoms with Crippen molar-refractivity contribution in [3.63, 3.8) is 0 Å². The fourth-order valence-corrected chi connectivity index (χ4v) is 8.10. The molecule has 0 unspecified atom stereocenters. The molecule has 1 spiro atoms. The Balaban J connectivity index is 1.28. The first-order chi connectivity index (χ1) is 25.3. The van der Waals surface area contributed by atoms with Gasteiger partial charge in [0.25, 0.3) is 0 Å². The lowest BCUT2D eigenvalue weighted by Gasteiger charge is -2.51. The van der Waals surface area contributed by atoms with Crippen LogP contribution < -0.4 is 9.80 Å². The number of pyridine rings is 1. The van der Waals surface area contributed by atoms with Gasteiger partial charge in [-0.25, -0.2) is 9.97 Å². The summed E-state index contributed by atoms with van der Waals surface area (Å²) in [5.74, 6) is 1.42. The zero-order valence-electron chi connectivity index (χ0n) is 27.6. The number of benzene rings is 6. The fourth-order valence-electron chi connectivity index (χ4n) is 8.10. The molecule has 2 aromatic heterocycles. The van der Waals surface area contributed by atoms with Gasteiger partial charge in [0, 0.05) is 35.3 Å². The van der Waals surface area contributed by atoms with E-state index in [0.29, 0.717) is 5.82 Å². The molecule has 2 aliphatic rings. The minimum Gasteiger partial charge on any atom is -0.310 e. The van der Waals surface area contributed by atoms with Crippen LogP contribution in [0.15, 0.2) is 188 Å². The van der Waals surface area contributed by atoms with Crippen LogP contribution in [0.2, 0.25) is 0 Å². The van der Waals surface area contributed by atoms with Crippen LogP contribution in [0.1, 0.15) is 22.3 Å². The predicted octanol–water partition coefficient (Wildman–Crippen LogP) is 11.2. The maximum Gasteiger partial charge on any atom is 0.163 e. The number of anilines is 6. The Morgan fingerprint density at radius 1 is 0.412 bits per heavy atom. The molecule has 0 saturated heterocycles. The van der Waals surface area contributed by atoms with E-state index in [0.717, 1.165) is 51.1 Å². The highest BCUT2D eigenvalue weighted by Gasteiger charge is 2.51. The van der Waals surface area contributed by atoms with Gasteiger partial charge in [-0.1, -0.05) is 121 Å². The zero-order chi connectivity index (χ0) is 33.8. The maximum atomic E-state index is 5.29. The van der Waals surface area contributed by atoms with Gasteiger partial charge in [0.2, 0.25) is 0 Å². The van der Waals surface area contributed by atoms with Crippen molar-refractivity contribution in [1.82, 2.24) is 15.0 Å². The molecule has 0 bridgehead atoms. The van der Waals surface area contributed by atoms with Crippen LogP contribution in [0, 0.1) is 0 Å². The van der Waals surface area contributed by atoms with Crippen molar-refractivity contribution in [3.05, 3.63) is 211 Å². The Bertz CT molecular complexity index is 2400. The van der Waals surface area contributed by atoms with Crippen LogP contribution in [0.25, 0.3) is 22.6 Å². The van der Waals surface area contributed by atoms with Gasteiger partial charge < -0.3 is 4.90 Å². The molecule has 0 saturated carbocycles. The van der Waals surface area contributed by atoms with E-state index < -0.39 is 5.41 Å². The second-order valence-corrected chi connectivity index (χ2v) is 12.9. The fraction of sp³-hybridized carbons (Fsp3) is 0.0217. The first-order valence-corrected chi connectivity index (χ1v) is 17.2. The average Bonchev–Trinajstić information content (AvgIpc) is 3.21. The predicted molar refractivity (Wildman–Crippen MR) is 205 cm³/mol. The standard InChI is InChI=1S/C46H31N5/c1-3-16-32(17-4-1)39-30-44(49-45(48-39)33-18-15-29-47-31-33)51-42-27-13-9-23-37(42)46(38-24-10-14-28-43(38)51)35-21-7-11-25-40(35)50(34-19-5-2-6-20-34)41-26-12-8-22-36(41)46/h1-31H. The third kappa shape index (κ3) is 4.38. The smallest absolute Gasteiger partial charge is 0.163 e. The summed E-state index contributed by atoms with van der Waals surface area (Å²) in [7, 11) is 0. The minimum absolute atomic E-state index is 0.608. The molecule has 4 heterocycles. The van der Waals surface area contributed by atoms with E-state index in [2.05, 4.69) is 160 Å². The Morgan fingerprint density at radius 2 is 0.882 bits per heavy atom. The van der Waals surface area contributed by atoms with Crippen molar-refractivity contribution in [1.29, 1.82) is 0 Å². The molecular formula is C46H31N5. The third-order valence-corrected chi connectivity index (χ3v) is 10.1. The molecule has 51 heavy (non-hydrogen) atoms. The van der Waals surface area contributed by atoms with Gasteiger partial charge in [0.1, 0.15) is 5.82 Å². The summed E-state index contributed by atoms with van der Waals surface area (Å²) >= 11 is 0. The van der Waals surface area contributed by atoms with Crippen LogP contribution in [0.3, 0.4) is 0 Å². The third-order valence-electron chi connectivity index (χ3n) is 10.1. The number of hydrogen-bond acceptors (Lipinski definition) is 5. The summed E-state index contributed by atoms with van der Waals surface area (Å²) < 4.78 is 0. The van der Waals surface area contributed by atoms with E-state index in [-0.39, 0.29) is 0 Å². The summed E-state index contributed by atoms with van der Waals surface area (Å²) in [5.41, 5.74) is 12.6. The van der Waals surface area contributed by atoms with Crippen molar-refractivity contribution < 1.29 is 0 Å². The topological polar surface area (TPSA) is 45.2 Å². The van der Waals surface area contributed by atoms with Crippen LogP contribution in [-0.2, 0) is 5.41 Å². The van der Waals surface area contributed by atoms with E-state index >= 15 is 0 Å². The zero-order valence-corrected chi connectivity index (χ0v) is 27.6. The van der Waals surface area contributed by atoms with E-state index in [1.54, 1.807) is 6.20 Å². The first kappa shape index (κ1) is 29.1. The van der Waals surface area contributed by atoms with Gasteiger partial charge in [-0.3, -0.25) is 9.88 Å². The molecule has 6 aromatic carbocycles. The second-order valence-electron chi connectivity index (χ2n) is 12.9. The monoisotopic (exact) mass is 653 g/mol. The Morgan fingerprint density at radius 3 is 1.41 bits per heavy atom. The molecule has 5 heteroatoms. The largest absolute Gasteiger partial charge is 0.310 e. The molecular weight excluding hydrogens is 623 g/mol. The lowest BCUT2D eigenvalue weighted by molar-refractivity contribution is 0.718. The molecule has 0 aliphatic carbocycles. The number of rotatable bonds is 4. The second kappa shape index (κ2) is 11.6. The molecule has 0 amide bonds. The molecule has 10 rings (SSSR count). The van der Waals surface area contributed by atoms with Crippen molar-refractivity contribution >= 4 is 34.3 Å². The van der Waals surface area contributed by atoms with Crippen LogP contribution in [-0.4, -0.2) is 15.0 Å².